The van der Waals surface area contributed by atoms with Gasteiger partial charge in [0.05, 0.1) is 11.6 Å². The Morgan fingerprint density at radius 3 is 2.57 bits per heavy atom. The Kier molecular flexibility index (Phi) is 3.37. The van der Waals surface area contributed by atoms with Crippen LogP contribution in [0.2, 0.25) is 0 Å². The molecule has 3 heterocycles. The smallest absolute Gasteiger partial charge is 0.163 e. The van der Waals surface area contributed by atoms with E-state index in [9.17, 15) is 0 Å². The van der Waals surface area contributed by atoms with Crippen molar-refractivity contribution < 1.29 is 0 Å². The molecule has 2 aromatic heterocycles. The third-order valence-corrected chi connectivity index (χ3v) is 4.45. The summed E-state index contributed by atoms with van der Waals surface area (Å²) in [6.07, 6.45) is 3.49. The summed E-state index contributed by atoms with van der Waals surface area (Å²) >= 11 is 0. The third kappa shape index (κ3) is 2.50. The molecule has 0 radical (unpaired) electrons. The first-order valence-corrected chi connectivity index (χ1v) is 7.91. The number of aryl methyl sites for hydroxylation is 2. The number of hydrogen-bond acceptors (Lipinski definition) is 5. The fraction of sp³-hybridized carbons (Fsp3) is 0.353. The van der Waals surface area contributed by atoms with E-state index in [0.717, 1.165) is 43.0 Å². The minimum Gasteiger partial charge on any atom is -0.368 e. The Morgan fingerprint density at radius 1 is 1.00 bits per heavy atom. The van der Waals surface area contributed by atoms with Crippen molar-refractivity contribution in [2.75, 3.05) is 36.0 Å². The molecule has 4 rings (SSSR count). The lowest BCUT2D eigenvalue weighted by atomic mass is 10.2. The van der Waals surface area contributed by atoms with Gasteiger partial charge in [-0.05, 0) is 24.6 Å². The van der Waals surface area contributed by atoms with Gasteiger partial charge in [-0.3, -0.25) is 4.68 Å². The van der Waals surface area contributed by atoms with Crippen molar-refractivity contribution in [3.05, 3.63) is 42.4 Å². The summed E-state index contributed by atoms with van der Waals surface area (Å²) in [5, 5.41) is 5.33. The van der Waals surface area contributed by atoms with Crippen molar-refractivity contribution in [3.63, 3.8) is 0 Å². The number of anilines is 2. The number of hydrogen-bond donors (Lipinski definition) is 0. The molecule has 0 aliphatic carbocycles. The molecule has 1 fully saturated rings. The van der Waals surface area contributed by atoms with Crippen LogP contribution in [0.25, 0.3) is 11.0 Å². The topological polar surface area (TPSA) is 50.1 Å². The number of benzene rings is 1. The fourth-order valence-electron chi connectivity index (χ4n) is 3.20. The maximum atomic E-state index is 4.50. The summed E-state index contributed by atoms with van der Waals surface area (Å²) < 4.78 is 1.80. The number of fused-ring (bicyclic) bond motifs is 1. The largest absolute Gasteiger partial charge is 0.368 e. The molecule has 6 nitrogen and oxygen atoms in total. The van der Waals surface area contributed by atoms with E-state index in [-0.39, 0.29) is 0 Å². The Morgan fingerprint density at radius 2 is 1.78 bits per heavy atom. The highest BCUT2D eigenvalue weighted by atomic mass is 15.3. The van der Waals surface area contributed by atoms with E-state index in [2.05, 4.69) is 56.1 Å². The van der Waals surface area contributed by atoms with Gasteiger partial charge in [-0.25, -0.2) is 9.97 Å². The number of nitrogens with zero attached hydrogens (tertiary/aromatic N) is 6. The summed E-state index contributed by atoms with van der Waals surface area (Å²) in [4.78, 5) is 13.6. The average Bonchev–Trinajstić information content (AvgIpc) is 2.97. The molecular formula is C17H20N6. The lowest BCUT2D eigenvalue weighted by Crippen LogP contribution is -2.46. The molecule has 0 bridgehead atoms. The molecule has 0 saturated carbocycles. The van der Waals surface area contributed by atoms with Gasteiger partial charge in [0, 0.05) is 38.9 Å². The lowest BCUT2D eigenvalue weighted by Gasteiger charge is -2.37. The van der Waals surface area contributed by atoms with Crippen LogP contribution in [0.1, 0.15) is 5.56 Å². The van der Waals surface area contributed by atoms with Crippen molar-refractivity contribution in [2.45, 2.75) is 6.92 Å². The summed E-state index contributed by atoms with van der Waals surface area (Å²) in [7, 11) is 1.91. The lowest BCUT2D eigenvalue weighted by molar-refractivity contribution is 0.648. The zero-order valence-electron chi connectivity index (χ0n) is 13.5. The molecule has 1 aliphatic heterocycles. The summed E-state index contributed by atoms with van der Waals surface area (Å²) in [5.74, 6) is 0.993. The predicted molar refractivity (Wildman–Crippen MR) is 91.9 cm³/mol. The quantitative estimate of drug-likeness (QED) is 0.725. The molecule has 6 heteroatoms. The van der Waals surface area contributed by atoms with E-state index in [1.807, 2.05) is 13.2 Å². The molecule has 1 aromatic carbocycles. The minimum absolute atomic E-state index is 0.885. The standard InChI is InChI=1S/C17H20N6/c1-13-4-3-5-14(10-13)22-6-8-23(9-7-22)17-15-11-20-21(2)16(15)18-12-19-17/h3-5,10-12H,6-9H2,1-2H3. The van der Waals surface area contributed by atoms with Gasteiger partial charge in [0.15, 0.2) is 5.65 Å². The first-order chi connectivity index (χ1) is 11.2. The van der Waals surface area contributed by atoms with Gasteiger partial charge in [-0.15, -0.1) is 0 Å². The van der Waals surface area contributed by atoms with Crippen LogP contribution in [0.3, 0.4) is 0 Å². The van der Waals surface area contributed by atoms with E-state index in [1.165, 1.54) is 11.3 Å². The van der Waals surface area contributed by atoms with Crippen molar-refractivity contribution in [3.8, 4) is 0 Å². The van der Waals surface area contributed by atoms with E-state index in [0.29, 0.717) is 0 Å². The van der Waals surface area contributed by atoms with Crippen LogP contribution in [0, 0.1) is 6.92 Å². The zero-order chi connectivity index (χ0) is 15.8. The highest BCUT2D eigenvalue weighted by molar-refractivity contribution is 5.86. The average molecular weight is 308 g/mol. The van der Waals surface area contributed by atoms with E-state index >= 15 is 0 Å². The molecule has 0 unspecified atom stereocenters. The van der Waals surface area contributed by atoms with Gasteiger partial charge in [-0.2, -0.15) is 5.10 Å². The predicted octanol–water partition coefficient (Wildman–Crippen LogP) is 2.00. The van der Waals surface area contributed by atoms with E-state index in [1.54, 1.807) is 11.0 Å². The normalized spacial score (nSPS) is 15.4. The Bertz CT molecular complexity index is 832. The van der Waals surface area contributed by atoms with Crippen molar-refractivity contribution in [1.29, 1.82) is 0 Å². The second kappa shape index (κ2) is 5.53. The second-order valence-electron chi connectivity index (χ2n) is 6.02. The van der Waals surface area contributed by atoms with Crippen LogP contribution >= 0.6 is 0 Å². The first-order valence-electron chi connectivity index (χ1n) is 7.91. The van der Waals surface area contributed by atoms with Gasteiger partial charge in [0.25, 0.3) is 0 Å². The maximum Gasteiger partial charge on any atom is 0.163 e. The maximum absolute atomic E-state index is 4.50. The zero-order valence-corrected chi connectivity index (χ0v) is 13.5. The number of rotatable bonds is 2. The highest BCUT2D eigenvalue weighted by Gasteiger charge is 2.21. The van der Waals surface area contributed by atoms with Crippen LogP contribution in [0.4, 0.5) is 11.5 Å². The molecule has 1 saturated heterocycles. The number of aromatic nitrogens is 4. The Hall–Kier alpha value is -2.63. The third-order valence-electron chi connectivity index (χ3n) is 4.45. The van der Waals surface area contributed by atoms with Gasteiger partial charge in [0.1, 0.15) is 12.1 Å². The Balaban J connectivity index is 1.55. The first kappa shape index (κ1) is 14.0. The van der Waals surface area contributed by atoms with Gasteiger partial charge >= 0.3 is 0 Å². The van der Waals surface area contributed by atoms with Crippen LogP contribution in [-0.2, 0) is 7.05 Å². The highest BCUT2D eigenvalue weighted by Crippen LogP contribution is 2.25. The van der Waals surface area contributed by atoms with Crippen molar-refractivity contribution in [1.82, 2.24) is 19.7 Å². The molecule has 3 aromatic rings. The van der Waals surface area contributed by atoms with E-state index in [4.69, 9.17) is 0 Å². The van der Waals surface area contributed by atoms with Crippen molar-refractivity contribution >= 4 is 22.5 Å². The van der Waals surface area contributed by atoms with Crippen molar-refractivity contribution in [2.24, 2.45) is 7.05 Å². The van der Waals surface area contributed by atoms with Crippen LogP contribution in [0.15, 0.2) is 36.8 Å². The minimum atomic E-state index is 0.885. The molecule has 0 atom stereocenters. The van der Waals surface area contributed by atoms with Crippen LogP contribution in [0.5, 0.6) is 0 Å². The summed E-state index contributed by atoms with van der Waals surface area (Å²) in [5.41, 5.74) is 3.49. The molecule has 118 valence electrons. The molecule has 0 amide bonds. The monoisotopic (exact) mass is 308 g/mol. The van der Waals surface area contributed by atoms with Crippen LogP contribution in [-0.4, -0.2) is 45.9 Å². The SMILES string of the molecule is Cc1cccc(N2CCN(c3ncnc4c3cnn4C)CC2)c1. The molecular weight excluding hydrogens is 288 g/mol. The van der Waals surface area contributed by atoms with Crippen LogP contribution < -0.4 is 9.80 Å². The fourth-order valence-corrected chi connectivity index (χ4v) is 3.20. The number of piperazine rings is 1. The second-order valence-corrected chi connectivity index (χ2v) is 6.02. The molecule has 0 spiro atoms. The van der Waals surface area contributed by atoms with Gasteiger partial charge in [-0.1, -0.05) is 12.1 Å². The van der Waals surface area contributed by atoms with E-state index < -0.39 is 0 Å². The molecule has 1 aliphatic rings. The van der Waals surface area contributed by atoms with Gasteiger partial charge in [0.2, 0.25) is 0 Å². The Labute approximate surface area is 135 Å². The molecule has 0 N–H and O–H groups in total. The van der Waals surface area contributed by atoms with Gasteiger partial charge < -0.3 is 9.80 Å². The summed E-state index contributed by atoms with van der Waals surface area (Å²) in [6, 6.07) is 8.70. The summed E-state index contributed by atoms with van der Waals surface area (Å²) in [6.45, 7) is 6.04. The molecule has 23 heavy (non-hydrogen) atoms.